The Morgan fingerprint density at radius 2 is 1.58 bits per heavy atom. The van der Waals surface area contributed by atoms with Gasteiger partial charge in [0.1, 0.15) is 0 Å². The molecule has 0 aliphatic rings. The molecule has 0 bridgehead atoms. The summed E-state index contributed by atoms with van der Waals surface area (Å²) < 4.78 is 24.6. The first-order valence-corrected chi connectivity index (χ1v) is 15.1. The maximum Gasteiger partial charge on any atom is 0.251 e. The number of carbonyl (C=O) groups is 1. The van der Waals surface area contributed by atoms with Crippen LogP contribution < -0.4 is 10.6 Å². The second-order valence-electron chi connectivity index (χ2n) is 9.28. The first kappa shape index (κ1) is 30.1. The van der Waals surface area contributed by atoms with Crippen LogP contribution in [0, 0.1) is 0 Å². The first-order valence-electron chi connectivity index (χ1n) is 12.7. The van der Waals surface area contributed by atoms with Crippen LogP contribution in [0.2, 0.25) is 10.0 Å². The second-order valence-corrected chi connectivity index (χ2v) is 12.3. The summed E-state index contributed by atoms with van der Waals surface area (Å²) in [5.74, 6) is -0.373. The lowest BCUT2D eigenvalue weighted by atomic mass is 10.00. The fourth-order valence-corrected chi connectivity index (χ4v) is 6.08. The van der Waals surface area contributed by atoms with Crippen molar-refractivity contribution in [2.75, 3.05) is 12.3 Å². The summed E-state index contributed by atoms with van der Waals surface area (Å²) in [6.45, 7) is 4.71. The number of hydrogen-bond acceptors (Lipinski definition) is 5. The number of aliphatic hydroxyl groups excluding tert-OH is 1. The summed E-state index contributed by atoms with van der Waals surface area (Å²) in [6.07, 6.45) is 0.826. The number of hydrogen-bond donors (Lipinski definition) is 3. The molecule has 0 fully saturated rings. The van der Waals surface area contributed by atoms with Gasteiger partial charge in [-0.25, -0.2) is 8.42 Å². The smallest absolute Gasteiger partial charge is 0.251 e. The normalized spacial score (nSPS) is 13.2. The molecule has 0 saturated heterocycles. The third kappa shape index (κ3) is 8.82. The van der Waals surface area contributed by atoms with E-state index in [4.69, 9.17) is 23.2 Å². The Balaban J connectivity index is 1.73. The Bertz CT molecular complexity index is 1310. The van der Waals surface area contributed by atoms with E-state index in [1.54, 1.807) is 25.1 Å². The zero-order chi connectivity index (χ0) is 27.7. The van der Waals surface area contributed by atoms with Gasteiger partial charge in [0.05, 0.1) is 22.8 Å². The molecule has 6 nitrogen and oxygen atoms in total. The number of rotatable bonds is 13. The molecule has 204 valence electrons. The molecule has 0 radical (unpaired) electrons. The third-order valence-corrected chi connectivity index (χ3v) is 8.56. The van der Waals surface area contributed by atoms with E-state index in [1.807, 2.05) is 12.1 Å². The van der Waals surface area contributed by atoms with Gasteiger partial charge in [-0.15, -0.1) is 0 Å². The standard InChI is InChI=1S/C29H34Cl2N2O4S/c1-3-12-38(36,37)26-10-8-23(9-11-26)29(35)33-27(16-22-14-24(30)17-25(31)15-22)28(34)19-32-18-21-7-5-6-20(4-2)13-21/h5-11,13-15,17,27-28,32,34H,3-4,12,16,18-19H2,1-2H3,(H,33,35)/t27-,28+/m0/s1. The maximum absolute atomic E-state index is 13.1. The molecule has 0 aliphatic heterocycles. The third-order valence-electron chi connectivity index (χ3n) is 6.19. The van der Waals surface area contributed by atoms with Crippen molar-refractivity contribution in [1.29, 1.82) is 0 Å². The van der Waals surface area contributed by atoms with Crippen molar-refractivity contribution in [2.24, 2.45) is 0 Å². The molecule has 0 aromatic heterocycles. The molecule has 3 N–H and O–H groups in total. The fraction of sp³-hybridized carbons (Fsp3) is 0.345. The van der Waals surface area contributed by atoms with Crippen molar-refractivity contribution in [2.45, 2.75) is 56.7 Å². The van der Waals surface area contributed by atoms with Crippen LogP contribution in [-0.2, 0) is 29.2 Å². The summed E-state index contributed by atoms with van der Waals surface area (Å²) in [5.41, 5.74) is 3.41. The van der Waals surface area contributed by atoms with Crippen molar-refractivity contribution >= 4 is 38.9 Å². The van der Waals surface area contributed by atoms with E-state index < -0.39 is 27.9 Å². The number of nitrogens with one attached hydrogen (secondary N) is 2. The Morgan fingerprint density at radius 1 is 0.921 bits per heavy atom. The SMILES string of the molecule is CCCS(=O)(=O)c1ccc(C(=O)N[C@@H](Cc2cc(Cl)cc(Cl)c2)[C@H](O)CNCc2cccc(CC)c2)cc1. The van der Waals surface area contributed by atoms with Crippen LogP contribution in [-0.4, -0.2) is 43.9 Å². The molecule has 0 saturated carbocycles. The van der Waals surface area contributed by atoms with Crippen LogP contribution >= 0.6 is 23.2 Å². The van der Waals surface area contributed by atoms with Crippen LogP contribution in [0.4, 0.5) is 0 Å². The lowest BCUT2D eigenvalue weighted by molar-refractivity contribution is 0.0830. The van der Waals surface area contributed by atoms with E-state index in [1.165, 1.54) is 29.8 Å². The lowest BCUT2D eigenvalue weighted by Crippen LogP contribution is -2.48. The summed E-state index contributed by atoms with van der Waals surface area (Å²) in [7, 11) is -3.38. The van der Waals surface area contributed by atoms with Crippen LogP contribution in [0.25, 0.3) is 0 Å². The zero-order valence-electron chi connectivity index (χ0n) is 21.6. The number of aryl methyl sites for hydroxylation is 1. The Morgan fingerprint density at radius 3 is 2.21 bits per heavy atom. The quantitative estimate of drug-likeness (QED) is 0.259. The fourth-order valence-electron chi connectivity index (χ4n) is 4.18. The number of benzene rings is 3. The van der Waals surface area contributed by atoms with E-state index in [9.17, 15) is 18.3 Å². The van der Waals surface area contributed by atoms with Gasteiger partial charge in [-0.3, -0.25) is 4.79 Å². The van der Waals surface area contributed by atoms with Crippen LogP contribution in [0.1, 0.15) is 47.3 Å². The minimum atomic E-state index is -3.38. The highest BCUT2D eigenvalue weighted by Gasteiger charge is 2.23. The second kappa shape index (κ2) is 14.1. The number of amides is 1. The van der Waals surface area contributed by atoms with Gasteiger partial charge in [0.15, 0.2) is 9.84 Å². The number of carbonyl (C=O) groups excluding carboxylic acids is 1. The van der Waals surface area contributed by atoms with E-state index in [2.05, 4.69) is 29.7 Å². The van der Waals surface area contributed by atoms with Crippen molar-refractivity contribution in [1.82, 2.24) is 10.6 Å². The Kier molecular flexibility index (Phi) is 11.2. The van der Waals surface area contributed by atoms with Crippen LogP contribution in [0.3, 0.4) is 0 Å². The predicted molar refractivity (Wildman–Crippen MR) is 154 cm³/mol. The molecule has 0 spiro atoms. The molecule has 1 amide bonds. The summed E-state index contributed by atoms with van der Waals surface area (Å²) in [6, 6.07) is 18.5. The molecule has 0 aliphatic carbocycles. The van der Waals surface area contributed by atoms with Gasteiger partial charge in [-0.1, -0.05) is 61.3 Å². The zero-order valence-corrected chi connectivity index (χ0v) is 23.9. The summed E-state index contributed by atoms with van der Waals surface area (Å²) >= 11 is 12.3. The van der Waals surface area contributed by atoms with E-state index >= 15 is 0 Å². The topological polar surface area (TPSA) is 95.5 Å². The number of sulfone groups is 1. The molecule has 3 aromatic rings. The minimum absolute atomic E-state index is 0.0464. The van der Waals surface area contributed by atoms with Gasteiger partial charge in [-0.05, 0) is 78.4 Å². The van der Waals surface area contributed by atoms with Crippen molar-refractivity contribution in [3.8, 4) is 0 Å². The van der Waals surface area contributed by atoms with Crippen LogP contribution in [0.15, 0.2) is 71.6 Å². The molecule has 2 atom stereocenters. The highest BCUT2D eigenvalue weighted by molar-refractivity contribution is 7.91. The Hall–Kier alpha value is -2.42. The highest BCUT2D eigenvalue weighted by atomic mass is 35.5. The number of aliphatic hydroxyl groups is 1. The van der Waals surface area contributed by atoms with Crippen LogP contribution in [0.5, 0.6) is 0 Å². The largest absolute Gasteiger partial charge is 0.390 e. The van der Waals surface area contributed by atoms with E-state index in [0.29, 0.717) is 35.0 Å². The van der Waals surface area contributed by atoms with Crippen molar-refractivity contribution in [3.05, 3.63) is 99.0 Å². The monoisotopic (exact) mass is 576 g/mol. The molecule has 9 heteroatoms. The van der Waals surface area contributed by atoms with Gasteiger partial charge in [0, 0.05) is 28.7 Å². The molecule has 3 aromatic carbocycles. The van der Waals surface area contributed by atoms with Gasteiger partial charge < -0.3 is 15.7 Å². The van der Waals surface area contributed by atoms with Gasteiger partial charge in [0.25, 0.3) is 5.91 Å². The average molecular weight is 578 g/mol. The first-order chi connectivity index (χ1) is 18.1. The lowest BCUT2D eigenvalue weighted by Gasteiger charge is -2.25. The molecule has 3 rings (SSSR count). The highest BCUT2D eigenvalue weighted by Crippen LogP contribution is 2.21. The van der Waals surface area contributed by atoms with Gasteiger partial charge in [-0.2, -0.15) is 0 Å². The van der Waals surface area contributed by atoms with Gasteiger partial charge >= 0.3 is 0 Å². The van der Waals surface area contributed by atoms with Gasteiger partial charge in [0.2, 0.25) is 0 Å². The van der Waals surface area contributed by atoms with E-state index in [0.717, 1.165) is 17.5 Å². The molecular weight excluding hydrogens is 543 g/mol. The number of halogens is 2. The minimum Gasteiger partial charge on any atom is -0.390 e. The Labute approximate surface area is 235 Å². The van der Waals surface area contributed by atoms with Crippen molar-refractivity contribution < 1.29 is 18.3 Å². The molecule has 0 heterocycles. The summed E-state index contributed by atoms with van der Waals surface area (Å²) in [4.78, 5) is 13.3. The molecule has 0 unspecified atom stereocenters. The maximum atomic E-state index is 13.1. The average Bonchev–Trinajstić information content (AvgIpc) is 2.88. The predicted octanol–water partition coefficient (Wildman–Crippen LogP) is 5.23. The van der Waals surface area contributed by atoms with E-state index in [-0.39, 0.29) is 17.2 Å². The van der Waals surface area contributed by atoms with Crippen molar-refractivity contribution in [3.63, 3.8) is 0 Å². The molecule has 38 heavy (non-hydrogen) atoms. The summed E-state index contributed by atoms with van der Waals surface area (Å²) in [5, 5.41) is 18.2. The molecular formula is C29H34Cl2N2O4S.